The smallest absolute Gasteiger partial charge is 0.248 e. The highest BCUT2D eigenvalue weighted by Crippen LogP contribution is 2.40. The van der Waals surface area contributed by atoms with Gasteiger partial charge in [0.05, 0.1) is 28.5 Å². The van der Waals surface area contributed by atoms with Gasteiger partial charge < -0.3 is 9.32 Å². The summed E-state index contributed by atoms with van der Waals surface area (Å²) in [5.74, 6) is 0.985. The zero-order valence-corrected chi connectivity index (χ0v) is 33.4. The number of hydrogen-bond donors (Lipinski definition) is 0. The number of hydrogen-bond acceptors (Lipinski definition) is 6. The molecule has 6 heteroatoms. The fourth-order valence-corrected chi connectivity index (χ4v) is 7.94. The molecule has 0 amide bonds. The zero-order chi connectivity index (χ0) is 40.4. The second-order valence-corrected chi connectivity index (χ2v) is 15.2. The quantitative estimate of drug-likeness (QED) is 0.145. The first kappa shape index (κ1) is 36.6. The number of aromatic nitrogens is 4. The first-order valence-corrected chi connectivity index (χ1v) is 20.3. The molecule has 0 N–H and O–H groups in total. The summed E-state index contributed by atoms with van der Waals surface area (Å²) >= 11 is 0. The van der Waals surface area contributed by atoms with E-state index in [4.69, 9.17) is 14.4 Å². The highest BCUT2D eigenvalue weighted by molar-refractivity contribution is 6.03. The highest BCUT2D eigenvalue weighted by atomic mass is 16.4. The molecule has 1 unspecified atom stereocenters. The molecule has 2 heterocycles. The summed E-state index contributed by atoms with van der Waals surface area (Å²) in [6.07, 6.45) is 9.59. The van der Waals surface area contributed by atoms with Crippen LogP contribution in [0.25, 0.3) is 78.7 Å². The van der Waals surface area contributed by atoms with E-state index in [0.29, 0.717) is 11.8 Å². The van der Waals surface area contributed by atoms with Gasteiger partial charge in [0, 0.05) is 44.8 Å². The van der Waals surface area contributed by atoms with Gasteiger partial charge >= 0.3 is 0 Å². The van der Waals surface area contributed by atoms with Crippen molar-refractivity contribution in [1.29, 1.82) is 0 Å². The molecule has 7 aromatic carbocycles. The highest BCUT2D eigenvalue weighted by Gasteiger charge is 2.22. The van der Waals surface area contributed by atoms with E-state index in [-0.39, 0.29) is 6.04 Å². The summed E-state index contributed by atoms with van der Waals surface area (Å²) in [7, 11) is 0. The number of nitrogens with zero attached hydrogens (tertiary/aromatic N) is 5. The molecule has 1 aliphatic rings. The van der Waals surface area contributed by atoms with Crippen LogP contribution >= 0.6 is 0 Å². The van der Waals surface area contributed by atoms with Gasteiger partial charge in [0.25, 0.3) is 0 Å². The third-order valence-electron chi connectivity index (χ3n) is 11.1. The Hall–Kier alpha value is -7.70. The topological polar surface area (TPSA) is 67.9 Å². The normalized spacial score (nSPS) is 13.5. The standard InChI is InChI=1S/C54H41N5O/c1-36-18-22-38(23-19-36)47-34-35-48(39-24-20-37(2)21-25-39)52-51(47)55-49(40-12-6-3-7-13-40)50(56-52)41-26-30-45(31-27-41)59(44-16-10-5-11-17-44)46-32-28-43(29-33-46)54-58-57-53(60-54)42-14-8-4-9-15-42/h3-16,18-35,44H,17H2,1-2H3. The number of anilines is 2. The summed E-state index contributed by atoms with van der Waals surface area (Å²) < 4.78 is 6.08. The molecule has 9 aromatic rings. The van der Waals surface area contributed by atoms with Crippen molar-refractivity contribution in [3.8, 4) is 67.7 Å². The Labute approximate surface area is 349 Å². The molecule has 0 spiro atoms. The molecule has 1 atom stereocenters. The molecular formula is C54H41N5O. The van der Waals surface area contributed by atoms with Crippen LogP contribution in [0.15, 0.2) is 199 Å². The molecule has 0 radical (unpaired) electrons. The van der Waals surface area contributed by atoms with Crippen LogP contribution < -0.4 is 4.90 Å². The average molecular weight is 776 g/mol. The summed E-state index contributed by atoms with van der Waals surface area (Å²) in [6.45, 7) is 4.23. The Morgan fingerprint density at radius 3 is 1.37 bits per heavy atom. The fraction of sp³-hybridized carbons (Fsp3) is 0.0741. The maximum atomic E-state index is 6.08. The second kappa shape index (κ2) is 15.9. The first-order chi connectivity index (χ1) is 29.6. The van der Waals surface area contributed by atoms with Gasteiger partial charge in [0.1, 0.15) is 0 Å². The van der Waals surface area contributed by atoms with E-state index >= 15 is 0 Å². The van der Waals surface area contributed by atoms with Crippen molar-refractivity contribution < 1.29 is 4.42 Å². The molecule has 0 saturated heterocycles. The van der Waals surface area contributed by atoms with Crippen molar-refractivity contribution in [2.75, 3.05) is 4.90 Å². The minimum atomic E-state index is 0.123. The molecule has 60 heavy (non-hydrogen) atoms. The predicted octanol–water partition coefficient (Wildman–Crippen LogP) is 13.7. The summed E-state index contributed by atoms with van der Waals surface area (Å²) in [4.78, 5) is 13.5. The molecular weight excluding hydrogens is 735 g/mol. The number of allylic oxidation sites excluding steroid dienone is 2. The van der Waals surface area contributed by atoms with E-state index in [9.17, 15) is 0 Å². The van der Waals surface area contributed by atoms with Crippen LogP contribution in [-0.4, -0.2) is 26.2 Å². The molecule has 10 rings (SSSR count). The van der Waals surface area contributed by atoms with Gasteiger partial charge in [-0.25, -0.2) is 9.97 Å². The number of aryl methyl sites for hydroxylation is 2. The van der Waals surface area contributed by atoms with Crippen LogP contribution in [0, 0.1) is 13.8 Å². The number of benzene rings is 7. The SMILES string of the molecule is Cc1ccc(-c2ccc(-c3ccc(C)cc3)c3nc(-c4ccc(N(c5ccc(-c6nnc(-c7ccccc7)o6)cc5)C5C=CC=CC5)cc4)c(-c4ccccc4)nc23)cc1. The van der Waals surface area contributed by atoms with Gasteiger partial charge in [0.15, 0.2) is 0 Å². The van der Waals surface area contributed by atoms with Crippen molar-refractivity contribution >= 4 is 22.4 Å². The lowest BCUT2D eigenvalue weighted by Gasteiger charge is -2.32. The van der Waals surface area contributed by atoms with Crippen LogP contribution in [-0.2, 0) is 0 Å². The fourth-order valence-electron chi connectivity index (χ4n) is 7.94. The van der Waals surface area contributed by atoms with Gasteiger partial charge in [-0.3, -0.25) is 0 Å². The second-order valence-electron chi connectivity index (χ2n) is 15.2. The van der Waals surface area contributed by atoms with E-state index in [1.165, 1.54) is 11.1 Å². The minimum absolute atomic E-state index is 0.123. The lowest BCUT2D eigenvalue weighted by Crippen LogP contribution is -2.29. The maximum Gasteiger partial charge on any atom is 0.248 e. The zero-order valence-electron chi connectivity index (χ0n) is 33.4. The number of fused-ring (bicyclic) bond motifs is 1. The molecule has 6 nitrogen and oxygen atoms in total. The van der Waals surface area contributed by atoms with Crippen molar-refractivity contribution in [2.24, 2.45) is 0 Å². The van der Waals surface area contributed by atoms with Gasteiger partial charge in [-0.15, -0.1) is 10.2 Å². The Kier molecular flexibility index (Phi) is 9.72. The van der Waals surface area contributed by atoms with Gasteiger partial charge in [-0.05, 0) is 79.9 Å². The molecule has 2 aromatic heterocycles. The van der Waals surface area contributed by atoms with Crippen LogP contribution in [0.1, 0.15) is 17.5 Å². The molecule has 0 fully saturated rings. The van der Waals surface area contributed by atoms with Crippen molar-refractivity contribution in [3.63, 3.8) is 0 Å². The van der Waals surface area contributed by atoms with Crippen molar-refractivity contribution in [2.45, 2.75) is 26.3 Å². The van der Waals surface area contributed by atoms with Gasteiger partial charge in [-0.1, -0.05) is 157 Å². The summed E-state index contributed by atoms with van der Waals surface area (Å²) in [6, 6.07) is 59.2. The first-order valence-electron chi connectivity index (χ1n) is 20.3. The van der Waals surface area contributed by atoms with Crippen molar-refractivity contribution in [3.05, 3.63) is 205 Å². The molecule has 0 saturated carbocycles. The largest absolute Gasteiger partial charge is 0.416 e. The third kappa shape index (κ3) is 7.20. The Balaban J connectivity index is 1.07. The molecule has 0 bridgehead atoms. The van der Waals surface area contributed by atoms with Gasteiger partial charge in [0.2, 0.25) is 11.8 Å². The van der Waals surface area contributed by atoms with E-state index in [1.807, 2.05) is 36.4 Å². The number of rotatable bonds is 9. The van der Waals surface area contributed by atoms with Gasteiger partial charge in [-0.2, -0.15) is 0 Å². The minimum Gasteiger partial charge on any atom is -0.416 e. The molecule has 288 valence electrons. The van der Waals surface area contributed by atoms with E-state index < -0.39 is 0 Å². The van der Waals surface area contributed by atoms with Crippen molar-refractivity contribution in [1.82, 2.24) is 20.2 Å². The summed E-state index contributed by atoms with van der Waals surface area (Å²) in [5, 5.41) is 8.67. The monoisotopic (exact) mass is 775 g/mol. The Bertz CT molecular complexity index is 2990. The third-order valence-corrected chi connectivity index (χ3v) is 11.1. The van der Waals surface area contributed by atoms with Crippen LogP contribution in [0.4, 0.5) is 11.4 Å². The van der Waals surface area contributed by atoms with Crippen LogP contribution in [0.3, 0.4) is 0 Å². The van der Waals surface area contributed by atoms with Crippen LogP contribution in [0.5, 0.6) is 0 Å². The molecule has 0 aliphatic heterocycles. The van der Waals surface area contributed by atoms with E-state index in [0.717, 1.165) is 84.7 Å². The lowest BCUT2D eigenvalue weighted by molar-refractivity contribution is 0.584. The Morgan fingerprint density at radius 1 is 0.450 bits per heavy atom. The van der Waals surface area contributed by atoms with E-state index in [1.54, 1.807) is 0 Å². The maximum absolute atomic E-state index is 6.08. The summed E-state index contributed by atoms with van der Waals surface area (Å²) in [5.41, 5.74) is 16.1. The Morgan fingerprint density at radius 2 is 0.883 bits per heavy atom. The predicted molar refractivity (Wildman–Crippen MR) is 245 cm³/mol. The average Bonchev–Trinajstić information content (AvgIpc) is 3.81. The molecule has 1 aliphatic carbocycles. The van der Waals surface area contributed by atoms with E-state index in [2.05, 4.69) is 187 Å². The lowest BCUT2D eigenvalue weighted by atomic mass is 9.95. The van der Waals surface area contributed by atoms with Crippen LogP contribution in [0.2, 0.25) is 0 Å².